The average molecular weight is 295 g/mol. The van der Waals surface area contributed by atoms with Crippen molar-refractivity contribution in [2.24, 2.45) is 5.73 Å². The molecule has 0 aliphatic rings. The average Bonchev–Trinajstić information content (AvgIpc) is 2.38. The van der Waals surface area contributed by atoms with Gasteiger partial charge in [-0.25, -0.2) is 4.79 Å². The van der Waals surface area contributed by atoms with Gasteiger partial charge in [-0.3, -0.25) is 9.59 Å². The van der Waals surface area contributed by atoms with E-state index in [9.17, 15) is 14.4 Å². The number of carboxylic acid groups (broad SMARTS) is 2. The van der Waals surface area contributed by atoms with Crippen molar-refractivity contribution in [2.75, 3.05) is 26.9 Å². The second kappa shape index (κ2) is 11.1. The van der Waals surface area contributed by atoms with Crippen LogP contribution in [0, 0.1) is 0 Å². The monoisotopic (exact) mass is 295 g/mol. The molecule has 0 saturated carbocycles. The molecule has 0 radical (unpaired) electrons. The van der Waals surface area contributed by atoms with E-state index in [-0.39, 0.29) is 19.8 Å². The number of hydrogen-bond acceptors (Lipinski definition) is 7. The molecule has 9 nitrogen and oxygen atoms in total. The molecular weight excluding hydrogens is 274 g/mol. The van der Waals surface area contributed by atoms with Gasteiger partial charge in [-0.15, -0.1) is 0 Å². The molecule has 0 aliphatic heterocycles. The SMILES string of the molecule is CCOC(CC(=O)O)(OCC)C(=O)OC.NCC(=O)O. The highest BCUT2D eigenvalue weighted by molar-refractivity contribution is 5.83. The normalized spacial score (nSPS) is 10.2. The molecule has 20 heavy (non-hydrogen) atoms. The van der Waals surface area contributed by atoms with Crippen LogP contribution in [0.4, 0.5) is 0 Å². The van der Waals surface area contributed by atoms with E-state index in [0.29, 0.717) is 0 Å². The number of aliphatic carboxylic acids is 2. The lowest BCUT2D eigenvalue weighted by atomic mass is 10.2. The molecule has 0 aromatic heterocycles. The zero-order valence-corrected chi connectivity index (χ0v) is 11.7. The maximum absolute atomic E-state index is 11.4. The van der Waals surface area contributed by atoms with Gasteiger partial charge in [0.05, 0.1) is 13.7 Å². The molecule has 118 valence electrons. The molecule has 0 amide bonds. The Balaban J connectivity index is 0. The highest BCUT2D eigenvalue weighted by Gasteiger charge is 2.44. The van der Waals surface area contributed by atoms with E-state index in [1.165, 1.54) is 0 Å². The quantitative estimate of drug-likeness (QED) is 0.396. The maximum atomic E-state index is 11.4. The Bertz CT molecular complexity index is 312. The first kappa shape index (κ1) is 20.6. The lowest BCUT2D eigenvalue weighted by molar-refractivity contribution is -0.247. The van der Waals surface area contributed by atoms with Gasteiger partial charge in [-0.2, -0.15) is 0 Å². The van der Waals surface area contributed by atoms with Gasteiger partial charge in [0.2, 0.25) is 0 Å². The first-order chi connectivity index (χ1) is 9.29. The van der Waals surface area contributed by atoms with E-state index in [1.807, 2.05) is 0 Å². The summed E-state index contributed by atoms with van der Waals surface area (Å²) < 4.78 is 14.6. The number of carboxylic acids is 2. The Morgan fingerprint density at radius 3 is 1.65 bits per heavy atom. The number of ether oxygens (including phenoxy) is 3. The summed E-state index contributed by atoms with van der Waals surface area (Å²) in [5.74, 6) is -4.83. The van der Waals surface area contributed by atoms with Crippen molar-refractivity contribution < 1.29 is 38.8 Å². The van der Waals surface area contributed by atoms with Gasteiger partial charge in [-0.05, 0) is 13.8 Å². The van der Waals surface area contributed by atoms with E-state index >= 15 is 0 Å². The van der Waals surface area contributed by atoms with Crippen LogP contribution in [0.3, 0.4) is 0 Å². The van der Waals surface area contributed by atoms with Crippen molar-refractivity contribution in [3.05, 3.63) is 0 Å². The van der Waals surface area contributed by atoms with Crippen molar-refractivity contribution in [2.45, 2.75) is 26.1 Å². The molecule has 0 heterocycles. The van der Waals surface area contributed by atoms with E-state index in [1.54, 1.807) is 13.8 Å². The Morgan fingerprint density at radius 1 is 1.05 bits per heavy atom. The van der Waals surface area contributed by atoms with Crippen LogP contribution in [0.25, 0.3) is 0 Å². The molecule has 0 bridgehead atoms. The first-order valence-electron chi connectivity index (χ1n) is 5.79. The summed E-state index contributed by atoms with van der Waals surface area (Å²) in [6.45, 7) is 3.31. The number of hydrogen-bond donors (Lipinski definition) is 3. The van der Waals surface area contributed by atoms with Crippen LogP contribution in [0.1, 0.15) is 20.3 Å². The molecule has 0 saturated heterocycles. The van der Waals surface area contributed by atoms with Crippen LogP contribution in [-0.2, 0) is 28.6 Å². The van der Waals surface area contributed by atoms with Gasteiger partial charge in [0.15, 0.2) is 0 Å². The summed E-state index contributed by atoms with van der Waals surface area (Å²) in [5, 5.41) is 16.3. The summed E-state index contributed by atoms with van der Waals surface area (Å²) in [7, 11) is 1.15. The van der Waals surface area contributed by atoms with Crippen LogP contribution < -0.4 is 5.73 Å². The molecule has 9 heteroatoms. The van der Waals surface area contributed by atoms with E-state index in [2.05, 4.69) is 10.5 Å². The van der Waals surface area contributed by atoms with Crippen molar-refractivity contribution in [3.8, 4) is 0 Å². The van der Waals surface area contributed by atoms with E-state index < -0.39 is 30.1 Å². The smallest absolute Gasteiger partial charge is 0.367 e. The van der Waals surface area contributed by atoms with Crippen LogP contribution in [0.15, 0.2) is 0 Å². The van der Waals surface area contributed by atoms with Crippen molar-refractivity contribution in [1.82, 2.24) is 0 Å². The van der Waals surface area contributed by atoms with Crippen molar-refractivity contribution in [3.63, 3.8) is 0 Å². The predicted octanol–water partition coefficient (Wildman–Crippen LogP) is -0.567. The van der Waals surface area contributed by atoms with Gasteiger partial charge in [0, 0.05) is 13.2 Å². The predicted molar refractivity (Wildman–Crippen MR) is 66.9 cm³/mol. The number of esters is 1. The minimum absolute atomic E-state index is 0.155. The third-order valence-corrected chi connectivity index (χ3v) is 1.81. The first-order valence-corrected chi connectivity index (χ1v) is 5.79. The Labute approximate surface area is 116 Å². The summed E-state index contributed by atoms with van der Waals surface area (Å²) in [4.78, 5) is 31.3. The molecule has 4 N–H and O–H groups in total. The number of methoxy groups -OCH3 is 1. The molecule has 0 aromatic carbocycles. The lowest BCUT2D eigenvalue weighted by Crippen LogP contribution is -2.47. The zero-order chi connectivity index (χ0) is 16.2. The van der Waals surface area contributed by atoms with Crippen LogP contribution in [0.5, 0.6) is 0 Å². The molecule has 0 rings (SSSR count). The minimum Gasteiger partial charge on any atom is -0.481 e. The fourth-order valence-electron chi connectivity index (χ4n) is 1.15. The van der Waals surface area contributed by atoms with Crippen LogP contribution in [-0.4, -0.2) is 60.8 Å². The highest BCUT2D eigenvalue weighted by Crippen LogP contribution is 2.20. The molecule has 0 fully saturated rings. The molecule has 0 spiro atoms. The second-order valence-corrected chi connectivity index (χ2v) is 3.28. The Hall–Kier alpha value is -1.71. The Morgan fingerprint density at radius 2 is 1.45 bits per heavy atom. The molecule has 0 aromatic rings. The van der Waals surface area contributed by atoms with Crippen LogP contribution >= 0.6 is 0 Å². The van der Waals surface area contributed by atoms with Gasteiger partial charge in [0.25, 0.3) is 5.79 Å². The van der Waals surface area contributed by atoms with Gasteiger partial charge in [-0.1, -0.05) is 0 Å². The summed E-state index contributed by atoms with van der Waals surface area (Å²) >= 11 is 0. The largest absolute Gasteiger partial charge is 0.481 e. The molecule has 0 aliphatic carbocycles. The fraction of sp³-hybridized carbons (Fsp3) is 0.727. The van der Waals surface area contributed by atoms with E-state index in [4.69, 9.17) is 19.7 Å². The fourth-order valence-corrected chi connectivity index (χ4v) is 1.15. The number of carbonyl (C=O) groups is 3. The molecule has 0 unspecified atom stereocenters. The van der Waals surface area contributed by atoms with E-state index in [0.717, 1.165) is 7.11 Å². The maximum Gasteiger partial charge on any atom is 0.367 e. The topological polar surface area (TPSA) is 145 Å². The van der Waals surface area contributed by atoms with Crippen molar-refractivity contribution >= 4 is 17.9 Å². The molecular formula is C11H21NO8. The number of rotatable bonds is 8. The second-order valence-electron chi connectivity index (χ2n) is 3.28. The molecule has 0 atom stereocenters. The third-order valence-electron chi connectivity index (χ3n) is 1.81. The Kier molecular flexibility index (Phi) is 11.5. The standard InChI is InChI=1S/C9H16O6.C2H5NO2/c1-4-14-9(15-5-2,6-7(10)11)8(12)13-3;3-1-2(4)5/h4-6H2,1-3H3,(H,10,11);1,3H2,(H,4,5). The van der Waals surface area contributed by atoms with Crippen LogP contribution in [0.2, 0.25) is 0 Å². The van der Waals surface area contributed by atoms with Gasteiger partial charge >= 0.3 is 17.9 Å². The number of carbonyl (C=O) groups excluding carboxylic acids is 1. The third kappa shape index (κ3) is 8.40. The summed E-state index contributed by atoms with van der Waals surface area (Å²) in [5.41, 5.74) is 4.57. The zero-order valence-electron chi connectivity index (χ0n) is 11.7. The van der Waals surface area contributed by atoms with Gasteiger partial charge in [0.1, 0.15) is 6.42 Å². The lowest BCUT2D eigenvalue weighted by Gasteiger charge is -2.28. The van der Waals surface area contributed by atoms with Crippen molar-refractivity contribution in [1.29, 1.82) is 0 Å². The highest BCUT2D eigenvalue weighted by atomic mass is 16.7. The summed E-state index contributed by atoms with van der Waals surface area (Å²) in [6.07, 6.45) is -0.582. The summed E-state index contributed by atoms with van der Waals surface area (Å²) in [6, 6.07) is 0. The van der Waals surface area contributed by atoms with Gasteiger partial charge < -0.3 is 30.2 Å². The minimum atomic E-state index is -1.83. The number of nitrogens with two attached hydrogens (primary N) is 1.